The minimum atomic E-state index is -0.493. The predicted octanol–water partition coefficient (Wildman–Crippen LogP) is 4.76. The lowest BCUT2D eigenvalue weighted by Gasteiger charge is -2.28. The van der Waals surface area contributed by atoms with Gasteiger partial charge in [0.2, 0.25) is 5.91 Å². The maximum atomic E-state index is 12.6. The Morgan fingerprint density at radius 1 is 1.03 bits per heavy atom. The molecule has 1 aliphatic heterocycles. The summed E-state index contributed by atoms with van der Waals surface area (Å²) in [6.07, 6.45) is 3.17. The number of nitrogens with one attached hydrogen (secondary N) is 3. The van der Waals surface area contributed by atoms with Crippen LogP contribution in [-0.4, -0.2) is 26.4 Å². The smallest absolute Gasteiger partial charge is 0.250 e. The molecule has 1 atom stereocenters. The van der Waals surface area contributed by atoms with E-state index in [1.807, 2.05) is 36.4 Å². The van der Waals surface area contributed by atoms with Gasteiger partial charge in [-0.2, -0.15) is 0 Å². The quantitative estimate of drug-likeness (QED) is 0.439. The van der Waals surface area contributed by atoms with Crippen LogP contribution in [0.15, 0.2) is 67.0 Å². The summed E-state index contributed by atoms with van der Waals surface area (Å²) < 4.78 is 0. The Kier molecular flexibility index (Phi) is 4.11. The van der Waals surface area contributed by atoms with Gasteiger partial charge in [0.25, 0.3) is 0 Å². The van der Waals surface area contributed by atoms with Gasteiger partial charge in [0.05, 0.1) is 17.3 Å². The number of rotatable bonds is 4. The average molecular weight is 422 g/mol. The summed E-state index contributed by atoms with van der Waals surface area (Å²) in [5.74, 6) is 1.23. The molecular formula is C25H22N6O. The highest BCUT2D eigenvalue weighted by Gasteiger charge is 2.53. The van der Waals surface area contributed by atoms with E-state index in [0.29, 0.717) is 17.3 Å². The second kappa shape index (κ2) is 7.02. The maximum Gasteiger partial charge on any atom is 0.250 e. The predicted molar refractivity (Wildman–Crippen MR) is 125 cm³/mol. The van der Waals surface area contributed by atoms with Crippen molar-refractivity contribution < 1.29 is 4.79 Å². The molecule has 1 amide bonds. The van der Waals surface area contributed by atoms with Gasteiger partial charge in [0, 0.05) is 16.5 Å². The van der Waals surface area contributed by atoms with Gasteiger partial charge in [0.15, 0.2) is 11.6 Å². The third-order valence-corrected chi connectivity index (χ3v) is 6.25. The van der Waals surface area contributed by atoms with E-state index >= 15 is 0 Å². The van der Waals surface area contributed by atoms with Crippen LogP contribution < -0.4 is 16.0 Å². The molecule has 1 unspecified atom stereocenters. The van der Waals surface area contributed by atoms with Gasteiger partial charge in [-0.15, -0.1) is 0 Å². The first-order valence-corrected chi connectivity index (χ1v) is 10.8. The first-order chi connectivity index (χ1) is 15.6. The number of carbonyl (C=O) groups is 1. The molecule has 4 aromatic rings. The third-order valence-electron chi connectivity index (χ3n) is 6.25. The molecule has 2 aromatic heterocycles. The summed E-state index contributed by atoms with van der Waals surface area (Å²) in [5.41, 5.74) is 4.08. The van der Waals surface area contributed by atoms with Crippen LogP contribution in [0.4, 0.5) is 17.3 Å². The highest BCUT2D eigenvalue weighted by atomic mass is 16.2. The highest BCUT2D eigenvalue weighted by molar-refractivity contribution is 6.09. The number of pyridine rings is 1. The first-order valence-electron chi connectivity index (χ1n) is 10.8. The summed E-state index contributed by atoms with van der Waals surface area (Å²) in [5, 5.41) is 10.9. The Morgan fingerprint density at radius 3 is 2.62 bits per heavy atom. The van der Waals surface area contributed by atoms with Crippen molar-refractivity contribution in [2.45, 2.75) is 31.3 Å². The molecular weight excluding hydrogens is 400 g/mol. The lowest BCUT2D eigenvalue weighted by molar-refractivity contribution is -0.117. The fourth-order valence-corrected chi connectivity index (χ4v) is 4.27. The molecule has 2 aliphatic rings. The van der Waals surface area contributed by atoms with Crippen molar-refractivity contribution in [2.24, 2.45) is 0 Å². The zero-order valence-electron chi connectivity index (χ0n) is 17.6. The molecule has 7 nitrogen and oxygen atoms in total. The standard InChI is InChI=1S/C25H22N6O/c1-15(28-22-21-23(27-14-26-22)31-25(11-12-25)24(32)30-21)18-13-17-9-5-6-10-19(17)29-20(18)16-7-3-2-4-8-16/h2-10,13-15H,11-12H2,1H3,(H,30,32)(H2,26,27,28,31). The van der Waals surface area contributed by atoms with Crippen molar-refractivity contribution in [1.82, 2.24) is 15.0 Å². The van der Waals surface area contributed by atoms with Crippen LogP contribution in [0, 0.1) is 0 Å². The van der Waals surface area contributed by atoms with Crippen molar-refractivity contribution in [2.75, 3.05) is 16.0 Å². The fourth-order valence-electron chi connectivity index (χ4n) is 4.27. The Bertz CT molecular complexity index is 1350. The Morgan fingerprint density at radius 2 is 1.81 bits per heavy atom. The van der Waals surface area contributed by atoms with Crippen molar-refractivity contribution >= 4 is 34.1 Å². The van der Waals surface area contributed by atoms with E-state index in [1.165, 1.54) is 6.33 Å². The van der Waals surface area contributed by atoms with E-state index < -0.39 is 5.54 Å². The van der Waals surface area contributed by atoms with Crippen molar-refractivity contribution in [3.63, 3.8) is 0 Å². The number of benzene rings is 2. The molecule has 3 heterocycles. The first kappa shape index (κ1) is 18.7. The van der Waals surface area contributed by atoms with Gasteiger partial charge in [-0.25, -0.2) is 15.0 Å². The lowest BCUT2D eigenvalue weighted by Crippen LogP contribution is -2.41. The van der Waals surface area contributed by atoms with Crippen molar-refractivity contribution in [3.8, 4) is 11.3 Å². The minimum Gasteiger partial charge on any atom is -0.362 e. The molecule has 1 spiro atoms. The Balaban J connectivity index is 1.41. The molecule has 158 valence electrons. The second-order valence-corrected chi connectivity index (χ2v) is 8.46. The van der Waals surface area contributed by atoms with Crippen LogP contribution in [0.2, 0.25) is 0 Å². The average Bonchev–Trinajstić information content (AvgIpc) is 3.60. The van der Waals surface area contributed by atoms with Crippen LogP contribution in [0.5, 0.6) is 0 Å². The summed E-state index contributed by atoms with van der Waals surface area (Å²) in [6.45, 7) is 2.08. The topological polar surface area (TPSA) is 91.8 Å². The normalized spacial score (nSPS) is 16.7. The zero-order chi connectivity index (χ0) is 21.7. The SMILES string of the molecule is CC(Nc1ncnc2c1NC(=O)C1(CC1)N2)c1cc2ccccc2nc1-c1ccccc1. The van der Waals surface area contributed by atoms with Crippen LogP contribution in [0.1, 0.15) is 31.4 Å². The largest absolute Gasteiger partial charge is 0.362 e. The van der Waals surface area contributed by atoms with E-state index in [-0.39, 0.29) is 11.9 Å². The van der Waals surface area contributed by atoms with Crippen molar-refractivity contribution in [1.29, 1.82) is 0 Å². The number of carbonyl (C=O) groups excluding carboxylic acids is 1. The molecule has 2 aromatic carbocycles. The minimum absolute atomic E-state index is 0.0205. The Labute approximate surface area is 185 Å². The van der Waals surface area contributed by atoms with Crippen LogP contribution in [0.25, 0.3) is 22.2 Å². The fraction of sp³-hybridized carbons (Fsp3) is 0.200. The van der Waals surface area contributed by atoms with Gasteiger partial charge in [0.1, 0.15) is 17.6 Å². The molecule has 7 heteroatoms. The van der Waals surface area contributed by atoms with Gasteiger partial charge < -0.3 is 16.0 Å². The maximum absolute atomic E-state index is 12.6. The summed E-state index contributed by atoms with van der Waals surface area (Å²) in [6, 6.07) is 20.3. The number of anilines is 3. The van der Waals surface area contributed by atoms with Gasteiger partial charge >= 0.3 is 0 Å². The number of fused-ring (bicyclic) bond motifs is 2. The van der Waals surface area contributed by atoms with E-state index in [4.69, 9.17) is 4.98 Å². The zero-order valence-corrected chi connectivity index (χ0v) is 17.6. The van der Waals surface area contributed by atoms with Crippen LogP contribution in [0.3, 0.4) is 0 Å². The number of amides is 1. The molecule has 0 saturated heterocycles. The van der Waals surface area contributed by atoms with E-state index in [9.17, 15) is 4.79 Å². The second-order valence-electron chi connectivity index (χ2n) is 8.46. The van der Waals surface area contributed by atoms with Crippen LogP contribution >= 0.6 is 0 Å². The Hall–Kier alpha value is -4.00. The molecule has 6 rings (SSSR count). The summed E-state index contributed by atoms with van der Waals surface area (Å²) in [4.78, 5) is 26.3. The number of nitrogens with zero attached hydrogens (tertiary/aromatic N) is 3. The van der Waals surface area contributed by atoms with E-state index in [1.54, 1.807) is 0 Å². The van der Waals surface area contributed by atoms with E-state index in [0.717, 1.165) is 40.6 Å². The molecule has 1 aliphatic carbocycles. The van der Waals surface area contributed by atoms with Gasteiger partial charge in [-0.3, -0.25) is 4.79 Å². The number of para-hydroxylation sites is 1. The molecule has 1 saturated carbocycles. The summed E-state index contributed by atoms with van der Waals surface area (Å²) >= 11 is 0. The summed E-state index contributed by atoms with van der Waals surface area (Å²) in [7, 11) is 0. The van der Waals surface area contributed by atoms with Crippen molar-refractivity contribution in [3.05, 3.63) is 72.6 Å². The molecule has 0 radical (unpaired) electrons. The number of aromatic nitrogens is 3. The lowest BCUT2D eigenvalue weighted by atomic mass is 9.98. The molecule has 3 N–H and O–H groups in total. The van der Waals surface area contributed by atoms with E-state index in [2.05, 4.69) is 57.1 Å². The molecule has 1 fully saturated rings. The monoisotopic (exact) mass is 422 g/mol. The van der Waals surface area contributed by atoms with Gasteiger partial charge in [-0.1, -0.05) is 48.5 Å². The van der Waals surface area contributed by atoms with Gasteiger partial charge in [-0.05, 0) is 31.9 Å². The highest BCUT2D eigenvalue weighted by Crippen LogP contribution is 2.46. The molecule has 32 heavy (non-hydrogen) atoms. The third kappa shape index (κ3) is 3.05. The number of hydrogen-bond donors (Lipinski definition) is 3. The number of hydrogen-bond acceptors (Lipinski definition) is 6. The van der Waals surface area contributed by atoms with Crippen LogP contribution in [-0.2, 0) is 4.79 Å². The molecule has 0 bridgehead atoms.